The predicted octanol–water partition coefficient (Wildman–Crippen LogP) is 4.85. The number of nitrogens with zero attached hydrogens (tertiary/aromatic N) is 3. The third kappa shape index (κ3) is 4.36. The Balaban J connectivity index is 1.55. The zero-order valence-electron chi connectivity index (χ0n) is 18.1. The van der Waals surface area contributed by atoms with Crippen LogP contribution in [-0.2, 0) is 10.2 Å². The number of carbonyl (C=O) groups is 2. The zero-order valence-corrected chi connectivity index (χ0v) is 18.8. The minimum Gasteiger partial charge on any atom is -0.427 e. The van der Waals surface area contributed by atoms with E-state index in [9.17, 15) is 9.59 Å². The highest BCUT2D eigenvalue weighted by atomic mass is 35.5. The summed E-state index contributed by atoms with van der Waals surface area (Å²) in [6.07, 6.45) is 0. The maximum Gasteiger partial charge on any atom is 0.308 e. The van der Waals surface area contributed by atoms with Crippen molar-refractivity contribution in [3.63, 3.8) is 0 Å². The molecular weight excluding hydrogens is 430 g/mol. The molecule has 0 fully saturated rings. The van der Waals surface area contributed by atoms with Crippen molar-refractivity contribution >= 4 is 34.8 Å². The summed E-state index contributed by atoms with van der Waals surface area (Å²) in [7, 11) is 0. The Morgan fingerprint density at radius 1 is 1.09 bits per heavy atom. The molecule has 0 spiro atoms. The first-order valence-corrected chi connectivity index (χ1v) is 10.3. The number of fused-ring (bicyclic) bond motifs is 1. The third-order valence-electron chi connectivity index (χ3n) is 4.72. The lowest BCUT2D eigenvalue weighted by molar-refractivity contribution is -0.131. The molecule has 0 radical (unpaired) electrons. The summed E-state index contributed by atoms with van der Waals surface area (Å²) in [5.74, 6) is 0.257. The van der Waals surface area contributed by atoms with E-state index in [-0.39, 0.29) is 11.3 Å². The van der Waals surface area contributed by atoms with Crippen molar-refractivity contribution in [2.45, 2.75) is 33.1 Å². The summed E-state index contributed by atoms with van der Waals surface area (Å²) < 4.78 is 6.48. The van der Waals surface area contributed by atoms with Gasteiger partial charge in [-0.15, -0.1) is 9.73 Å². The van der Waals surface area contributed by atoms with E-state index in [1.54, 1.807) is 30.3 Å². The number of nitrogens with one attached hydrogen (secondary N) is 2. The van der Waals surface area contributed by atoms with Gasteiger partial charge in [0.1, 0.15) is 10.8 Å². The van der Waals surface area contributed by atoms with Crippen LogP contribution in [0.2, 0.25) is 5.02 Å². The average molecular weight is 452 g/mol. The van der Waals surface area contributed by atoms with Crippen LogP contribution in [-0.4, -0.2) is 31.7 Å². The summed E-state index contributed by atoms with van der Waals surface area (Å²) in [6.45, 7) is 7.44. The molecule has 8 nitrogen and oxygen atoms in total. The topological polar surface area (TPSA) is 101 Å². The second-order valence-corrected chi connectivity index (χ2v) is 8.76. The number of anilines is 1. The lowest BCUT2D eigenvalue weighted by Gasteiger charge is -2.14. The molecule has 0 aliphatic heterocycles. The first-order valence-electron chi connectivity index (χ1n) is 9.97. The van der Waals surface area contributed by atoms with Crippen molar-refractivity contribution in [2.24, 2.45) is 0 Å². The van der Waals surface area contributed by atoms with E-state index in [1.165, 1.54) is 11.6 Å². The Hall–Kier alpha value is -3.65. The van der Waals surface area contributed by atoms with E-state index in [2.05, 4.69) is 20.5 Å². The number of benzene rings is 2. The Kier molecular flexibility index (Phi) is 5.48. The van der Waals surface area contributed by atoms with Gasteiger partial charge in [0, 0.05) is 29.2 Å². The maximum atomic E-state index is 12.6. The van der Waals surface area contributed by atoms with Crippen molar-refractivity contribution in [1.29, 1.82) is 0 Å². The number of aromatic amines is 1. The maximum absolute atomic E-state index is 12.6. The molecule has 0 saturated heterocycles. The molecule has 32 heavy (non-hydrogen) atoms. The van der Waals surface area contributed by atoms with E-state index in [0.717, 1.165) is 11.3 Å². The summed E-state index contributed by atoms with van der Waals surface area (Å²) in [4.78, 5) is 26.8. The summed E-state index contributed by atoms with van der Waals surface area (Å²) in [5.41, 5.74) is 2.99. The minimum atomic E-state index is -0.416. The summed E-state index contributed by atoms with van der Waals surface area (Å²) >= 11 is 6.51. The van der Waals surface area contributed by atoms with Gasteiger partial charge in [-0.2, -0.15) is 5.10 Å². The normalized spacial score (nSPS) is 11.5. The SMILES string of the molecule is CC(=O)Oc1ccc(C(=O)Nc2cccc(-c3nn4nc(C(C)(C)C)c(Cl)c4[nH]3)c2)cc1. The van der Waals surface area contributed by atoms with E-state index in [1.807, 2.05) is 39.0 Å². The predicted molar refractivity (Wildman–Crippen MR) is 122 cm³/mol. The van der Waals surface area contributed by atoms with Crippen LogP contribution in [0.25, 0.3) is 17.0 Å². The second-order valence-electron chi connectivity index (χ2n) is 8.38. The van der Waals surface area contributed by atoms with Crippen molar-refractivity contribution in [3.8, 4) is 17.1 Å². The van der Waals surface area contributed by atoms with Gasteiger partial charge in [0.2, 0.25) is 0 Å². The van der Waals surface area contributed by atoms with E-state index < -0.39 is 5.97 Å². The number of aromatic nitrogens is 4. The molecule has 2 aromatic heterocycles. The molecule has 0 atom stereocenters. The van der Waals surface area contributed by atoms with Gasteiger partial charge in [-0.1, -0.05) is 44.5 Å². The average Bonchev–Trinajstić information content (AvgIpc) is 3.28. The molecule has 2 heterocycles. The molecule has 4 rings (SSSR count). The van der Waals surface area contributed by atoms with E-state index >= 15 is 0 Å². The van der Waals surface area contributed by atoms with Gasteiger partial charge < -0.3 is 15.0 Å². The molecule has 9 heteroatoms. The highest BCUT2D eigenvalue weighted by Gasteiger charge is 2.25. The van der Waals surface area contributed by atoms with Crippen LogP contribution < -0.4 is 10.1 Å². The number of amides is 1. The number of ether oxygens (including phenoxy) is 1. The largest absolute Gasteiger partial charge is 0.427 e. The van der Waals surface area contributed by atoms with Crippen LogP contribution in [0.1, 0.15) is 43.7 Å². The Morgan fingerprint density at radius 3 is 2.44 bits per heavy atom. The second kappa shape index (κ2) is 8.12. The fraction of sp³-hybridized carbons (Fsp3) is 0.217. The van der Waals surface area contributed by atoms with Gasteiger partial charge in [0.25, 0.3) is 5.91 Å². The molecule has 0 saturated carbocycles. The molecule has 1 amide bonds. The zero-order chi connectivity index (χ0) is 23.0. The molecule has 2 aromatic carbocycles. The molecule has 0 aliphatic carbocycles. The van der Waals surface area contributed by atoms with Crippen LogP contribution in [0.3, 0.4) is 0 Å². The number of esters is 1. The molecular formula is C23H22ClN5O3. The first kappa shape index (κ1) is 21.6. The highest BCUT2D eigenvalue weighted by molar-refractivity contribution is 6.34. The Bertz CT molecular complexity index is 1320. The lowest BCUT2D eigenvalue weighted by atomic mass is 9.92. The van der Waals surface area contributed by atoms with Crippen LogP contribution >= 0.6 is 11.6 Å². The van der Waals surface area contributed by atoms with E-state index in [4.69, 9.17) is 16.3 Å². The van der Waals surface area contributed by atoms with Crippen LogP contribution in [0.4, 0.5) is 5.69 Å². The number of hydrogen-bond donors (Lipinski definition) is 2. The van der Waals surface area contributed by atoms with E-state index in [0.29, 0.717) is 33.5 Å². The molecule has 0 aliphatic rings. The third-order valence-corrected chi connectivity index (χ3v) is 5.08. The number of carbonyl (C=O) groups excluding carboxylic acids is 2. The highest BCUT2D eigenvalue weighted by Crippen LogP contribution is 2.32. The molecule has 2 N–H and O–H groups in total. The smallest absolute Gasteiger partial charge is 0.308 e. The monoisotopic (exact) mass is 451 g/mol. The van der Waals surface area contributed by atoms with Gasteiger partial charge in [0.15, 0.2) is 11.5 Å². The Labute approximate surface area is 189 Å². The Morgan fingerprint density at radius 2 is 1.81 bits per heavy atom. The first-order chi connectivity index (χ1) is 15.1. The van der Waals surface area contributed by atoms with Gasteiger partial charge >= 0.3 is 5.97 Å². The molecule has 4 aromatic rings. The van der Waals surface area contributed by atoms with Gasteiger partial charge in [0.05, 0.1) is 5.69 Å². The van der Waals surface area contributed by atoms with Gasteiger partial charge in [-0.05, 0) is 36.4 Å². The van der Waals surface area contributed by atoms with Crippen LogP contribution in [0.15, 0.2) is 48.5 Å². The van der Waals surface area contributed by atoms with Gasteiger partial charge in [-0.3, -0.25) is 9.59 Å². The fourth-order valence-corrected chi connectivity index (χ4v) is 3.64. The van der Waals surface area contributed by atoms with Crippen LogP contribution in [0.5, 0.6) is 5.75 Å². The quantitative estimate of drug-likeness (QED) is 0.341. The van der Waals surface area contributed by atoms with Crippen molar-refractivity contribution in [3.05, 3.63) is 64.8 Å². The number of halogens is 1. The minimum absolute atomic E-state index is 0.202. The number of rotatable bonds is 4. The fourth-order valence-electron chi connectivity index (χ4n) is 3.19. The van der Waals surface area contributed by atoms with Crippen molar-refractivity contribution in [1.82, 2.24) is 19.8 Å². The van der Waals surface area contributed by atoms with Crippen LogP contribution in [0, 0.1) is 0 Å². The number of hydrogen-bond acceptors (Lipinski definition) is 5. The summed E-state index contributed by atoms with van der Waals surface area (Å²) in [6, 6.07) is 13.6. The van der Waals surface area contributed by atoms with Crippen molar-refractivity contribution in [2.75, 3.05) is 5.32 Å². The standard InChI is InChI=1S/C23H22ClN5O3/c1-13(30)32-17-10-8-14(9-11-17)22(31)25-16-7-5-6-15(12-16)20-26-21-18(24)19(23(2,3)4)27-29(21)28-20/h5-12H,1-4H3,(H,25,31)(H,26,28). The van der Waals surface area contributed by atoms with Gasteiger partial charge in [-0.25, -0.2) is 0 Å². The number of H-pyrrole nitrogens is 1. The summed E-state index contributed by atoms with van der Waals surface area (Å²) in [5, 5.41) is 12.4. The van der Waals surface area contributed by atoms with Crippen molar-refractivity contribution < 1.29 is 14.3 Å². The molecule has 0 bridgehead atoms. The lowest BCUT2D eigenvalue weighted by Crippen LogP contribution is -2.13. The molecule has 164 valence electrons. The molecule has 0 unspecified atom stereocenters.